The van der Waals surface area contributed by atoms with Crippen LogP contribution in [-0.2, 0) is 14.8 Å². The maximum atomic E-state index is 12.7. The molecular formula is C18H16ClN5O5S. The van der Waals surface area contributed by atoms with E-state index in [1.165, 1.54) is 19.2 Å². The standard InChI is InChI=1S/C18H16ClN5O5S/c1-10-16(17(25)24(23-10)12-5-3-4-11(19)8-12)22-21-15-7-6-13(30(28,29)20-2)9-14(15)18(26)27/h3-9,16,20H,1-2H3,(H,26,27). The summed E-state index contributed by atoms with van der Waals surface area (Å²) in [5.41, 5.74) is 0.341. The van der Waals surface area contributed by atoms with Crippen LogP contribution in [0.15, 0.2) is 62.7 Å². The van der Waals surface area contributed by atoms with Crippen LogP contribution in [0.1, 0.15) is 17.3 Å². The summed E-state index contributed by atoms with van der Waals surface area (Å²) in [6.45, 7) is 1.59. The molecule has 1 heterocycles. The maximum absolute atomic E-state index is 12.7. The summed E-state index contributed by atoms with van der Waals surface area (Å²) < 4.78 is 25.9. The van der Waals surface area contributed by atoms with E-state index in [9.17, 15) is 23.1 Å². The molecule has 3 rings (SSSR count). The van der Waals surface area contributed by atoms with Crippen molar-refractivity contribution < 1.29 is 23.1 Å². The molecule has 0 saturated heterocycles. The molecule has 12 heteroatoms. The summed E-state index contributed by atoms with van der Waals surface area (Å²) in [7, 11) is -2.63. The number of rotatable bonds is 6. The summed E-state index contributed by atoms with van der Waals surface area (Å²) in [5, 5.41) is 23.0. The molecule has 10 nitrogen and oxygen atoms in total. The molecule has 30 heavy (non-hydrogen) atoms. The zero-order valence-electron chi connectivity index (χ0n) is 15.8. The number of amides is 1. The first-order chi connectivity index (χ1) is 14.1. The molecule has 156 valence electrons. The highest BCUT2D eigenvalue weighted by Gasteiger charge is 2.35. The predicted molar refractivity (Wildman–Crippen MR) is 110 cm³/mol. The lowest BCUT2D eigenvalue weighted by Crippen LogP contribution is -2.29. The quantitative estimate of drug-likeness (QED) is 0.652. The lowest BCUT2D eigenvalue weighted by molar-refractivity contribution is -0.117. The van der Waals surface area contributed by atoms with Gasteiger partial charge in [0.15, 0.2) is 6.04 Å². The largest absolute Gasteiger partial charge is 0.478 e. The molecular weight excluding hydrogens is 434 g/mol. The average molecular weight is 450 g/mol. The van der Waals surface area contributed by atoms with Crippen molar-refractivity contribution in [1.82, 2.24) is 4.72 Å². The van der Waals surface area contributed by atoms with E-state index in [1.807, 2.05) is 0 Å². The van der Waals surface area contributed by atoms with Crippen LogP contribution < -0.4 is 9.73 Å². The molecule has 1 amide bonds. The third-order valence-electron chi connectivity index (χ3n) is 4.21. The van der Waals surface area contributed by atoms with Crippen molar-refractivity contribution in [3.63, 3.8) is 0 Å². The summed E-state index contributed by atoms with van der Waals surface area (Å²) in [6.07, 6.45) is 0. The molecule has 1 aliphatic heterocycles. The van der Waals surface area contributed by atoms with Gasteiger partial charge in [0, 0.05) is 5.02 Å². The van der Waals surface area contributed by atoms with Crippen molar-refractivity contribution >= 4 is 50.6 Å². The second-order valence-electron chi connectivity index (χ2n) is 6.18. The third kappa shape index (κ3) is 4.22. The van der Waals surface area contributed by atoms with Gasteiger partial charge in [-0.15, -0.1) is 0 Å². The summed E-state index contributed by atoms with van der Waals surface area (Å²) >= 11 is 5.96. The van der Waals surface area contributed by atoms with E-state index in [0.29, 0.717) is 16.4 Å². The molecule has 0 fully saturated rings. The van der Waals surface area contributed by atoms with Crippen LogP contribution in [0, 0.1) is 0 Å². The number of hydrogen-bond acceptors (Lipinski definition) is 7. The van der Waals surface area contributed by atoms with Crippen LogP contribution in [-0.4, -0.2) is 44.2 Å². The van der Waals surface area contributed by atoms with E-state index in [1.54, 1.807) is 31.2 Å². The molecule has 0 aliphatic carbocycles. The number of azo groups is 1. The Morgan fingerprint density at radius 1 is 1.27 bits per heavy atom. The van der Waals surface area contributed by atoms with Gasteiger partial charge in [0.1, 0.15) is 0 Å². The van der Waals surface area contributed by atoms with Crippen LogP contribution in [0.25, 0.3) is 0 Å². The van der Waals surface area contributed by atoms with E-state index in [2.05, 4.69) is 20.1 Å². The zero-order valence-corrected chi connectivity index (χ0v) is 17.3. The molecule has 2 aromatic carbocycles. The van der Waals surface area contributed by atoms with Gasteiger partial charge in [0.05, 0.1) is 27.5 Å². The van der Waals surface area contributed by atoms with Gasteiger partial charge in [-0.1, -0.05) is 17.7 Å². The minimum Gasteiger partial charge on any atom is -0.478 e. The van der Waals surface area contributed by atoms with Crippen molar-refractivity contribution in [1.29, 1.82) is 0 Å². The number of aromatic carboxylic acids is 1. The molecule has 0 aromatic heterocycles. The number of halogens is 1. The monoisotopic (exact) mass is 449 g/mol. The van der Waals surface area contributed by atoms with Gasteiger partial charge in [-0.3, -0.25) is 4.79 Å². The number of anilines is 1. The Morgan fingerprint density at radius 3 is 2.63 bits per heavy atom. The van der Waals surface area contributed by atoms with Crippen molar-refractivity contribution in [2.24, 2.45) is 15.3 Å². The first kappa shape index (κ1) is 21.6. The Labute approximate surface area is 176 Å². The number of hydrogen-bond donors (Lipinski definition) is 2. The summed E-state index contributed by atoms with van der Waals surface area (Å²) in [5.74, 6) is -1.87. The van der Waals surface area contributed by atoms with Crippen molar-refractivity contribution in [3.8, 4) is 0 Å². The molecule has 2 N–H and O–H groups in total. The summed E-state index contributed by atoms with van der Waals surface area (Å²) in [6, 6.07) is 8.88. The molecule has 0 radical (unpaired) electrons. The van der Waals surface area contributed by atoms with E-state index < -0.39 is 27.9 Å². The molecule has 1 atom stereocenters. The Morgan fingerprint density at radius 2 is 2.00 bits per heavy atom. The number of carboxylic acids is 1. The van der Waals surface area contributed by atoms with Gasteiger partial charge in [-0.25, -0.2) is 17.9 Å². The van der Waals surface area contributed by atoms with E-state index >= 15 is 0 Å². The Kier molecular flexibility index (Phi) is 5.97. The highest BCUT2D eigenvalue weighted by Crippen LogP contribution is 2.27. The van der Waals surface area contributed by atoms with Crippen molar-refractivity contribution in [3.05, 3.63) is 53.1 Å². The van der Waals surface area contributed by atoms with Gasteiger partial charge in [0.2, 0.25) is 10.0 Å². The highest BCUT2D eigenvalue weighted by atomic mass is 35.5. The van der Waals surface area contributed by atoms with Gasteiger partial charge >= 0.3 is 5.97 Å². The smallest absolute Gasteiger partial charge is 0.338 e. The van der Waals surface area contributed by atoms with Crippen LogP contribution in [0.4, 0.5) is 11.4 Å². The van der Waals surface area contributed by atoms with Gasteiger partial charge < -0.3 is 5.11 Å². The van der Waals surface area contributed by atoms with E-state index in [4.69, 9.17) is 11.6 Å². The topological polar surface area (TPSA) is 141 Å². The van der Waals surface area contributed by atoms with Gasteiger partial charge in [-0.05, 0) is 50.4 Å². The zero-order chi connectivity index (χ0) is 22.1. The molecule has 0 bridgehead atoms. The lowest BCUT2D eigenvalue weighted by Gasteiger charge is -2.12. The van der Waals surface area contributed by atoms with Crippen LogP contribution in [0.3, 0.4) is 0 Å². The normalized spacial score (nSPS) is 16.9. The molecule has 1 aliphatic rings. The maximum Gasteiger partial charge on any atom is 0.338 e. The van der Waals surface area contributed by atoms with Crippen LogP contribution in [0.5, 0.6) is 0 Å². The fourth-order valence-electron chi connectivity index (χ4n) is 2.66. The molecule has 1 unspecified atom stereocenters. The summed E-state index contributed by atoms with van der Waals surface area (Å²) in [4.78, 5) is 24.0. The van der Waals surface area contributed by atoms with Crippen LogP contribution >= 0.6 is 11.6 Å². The lowest BCUT2D eigenvalue weighted by atomic mass is 10.2. The second-order valence-corrected chi connectivity index (χ2v) is 8.50. The minimum absolute atomic E-state index is 0.0978. The van der Waals surface area contributed by atoms with Gasteiger partial charge in [-0.2, -0.15) is 20.3 Å². The number of hydrazone groups is 1. The fourth-order valence-corrected chi connectivity index (χ4v) is 3.60. The number of nitrogens with zero attached hydrogens (tertiary/aromatic N) is 4. The molecule has 2 aromatic rings. The first-order valence-corrected chi connectivity index (χ1v) is 10.4. The van der Waals surface area contributed by atoms with E-state index in [-0.39, 0.29) is 16.1 Å². The predicted octanol–water partition coefficient (Wildman–Crippen LogP) is 2.82. The van der Waals surface area contributed by atoms with Crippen molar-refractivity contribution in [2.75, 3.05) is 12.1 Å². The average Bonchev–Trinajstić information content (AvgIpc) is 2.99. The van der Waals surface area contributed by atoms with Crippen LogP contribution in [0.2, 0.25) is 5.02 Å². The number of carboxylic acid groups (broad SMARTS) is 1. The van der Waals surface area contributed by atoms with Gasteiger partial charge in [0.25, 0.3) is 5.91 Å². The number of carbonyl (C=O) groups is 2. The van der Waals surface area contributed by atoms with E-state index in [0.717, 1.165) is 11.1 Å². The highest BCUT2D eigenvalue weighted by molar-refractivity contribution is 7.89. The Balaban J connectivity index is 1.91. The van der Waals surface area contributed by atoms with Crippen molar-refractivity contribution in [2.45, 2.75) is 17.9 Å². The number of sulfonamides is 1. The second kappa shape index (κ2) is 8.30. The Hall–Kier alpha value is -3.15. The Bertz CT molecular complexity index is 1200. The molecule has 0 spiro atoms. The molecule has 0 saturated carbocycles. The third-order valence-corrected chi connectivity index (χ3v) is 5.85. The number of benzene rings is 2. The minimum atomic E-state index is -3.84. The first-order valence-electron chi connectivity index (χ1n) is 8.50. The number of nitrogens with one attached hydrogen (secondary N) is 1. The fraction of sp³-hybridized carbons (Fsp3) is 0.167. The SMILES string of the molecule is CNS(=O)(=O)c1ccc(N=NC2C(=O)N(c3cccc(Cl)c3)N=C2C)c(C(=O)O)c1. The number of carbonyl (C=O) groups excluding carboxylic acids is 1.